The largest absolute Gasteiger partial charge is 0.496 e. The highest BCUT2D eigenvalue weighted by Gasteiger charge is 2.13. The van der Waals surface area contributed by atoms with Gasteiger partial charge in [-0.05, 0) is 13.0 Å². The van der Waals surface area contributed by atoms with Gasteiger partial charge in [-0.3, -0.25) is 9.59 Å². The van der Waals surface area contributed by atoms with Crippen LogP contribution in [0.25, 0.3) is 0 Å². The Labute approximate surface area is 121 Å². The zero-order valence-corrected chi connectivity index (χ0v) is 11.8. The molecule has 110 valence electrons. The molecular formula is C15H16N2O4. The van der Waals surface area contributed by atoms with Crippen molar-refractivity contribution in [3.05, 3.63) is 57.3 Å². The first kappa shape index (κ1) is 14.8. The number of aromatic nitrogens is 2. The molecule has 0 saturated heterocycles. The van der Waals surface area contributed by atoms with Crippen molar-refractivity contribution in [2.75, 3.05) is 7.11 Å². The number of carbonyl (C=O) groups is 1. The summed E-state index contributed by atoms with van der Waals surface area (Å²) in [5.74, 6) is 0.145. The number of methoxy groups -OCH3 is 1. The average Bonchev–Trinajstić information content (AvgIpc) is 2.43. The minimum absolute atomic E-state index is 0.186. The molecule has 6 nitrogen and oxygen atoms in total. The molecule has 0 atom stereocenters. The van der Waals surface area contributed by atoms with Crippen molar-refractivity contribution in [1.82, 2.24) is 9.97 Å². The van der Waals surface area contributed by atoms with Gasteiger partial charge in [0.1, 0.15) is 11.6 Å². The molecule has 2 aromatic rings. The highest BCUT2D eigenvalue weighted by atomic mass is 16.5. The van der Waals surface area contributed by atoms with Gasteiger partial charge in [0.25, 0.3) is 5.56 Å². The average molecular weight is 288 g/mol. The van der Waals surface area contributed by atoms with E-state index in [4.69, 9.17) is 9.84 Å². The summed E-state index contributed by atoms with van der Waals surface area (Å²) in [7, 11) is 1.58. The summed E-state index contributed by atoms with van der Waals surface area (Å²) in [5, 5.41) is 8.79. The molecule has 0 unspecified atom stereocenters. The third-order valence-electron chi connectivity index (χ3n) is 3.15. The van der Waals surface area contributed by atoms with Crippen molar-refractivity contribution in [2.24, 2.45) is 0 Å². The Hall–Kier alpha value is -2.63. The molecule has 0 spiro atoms. The van der Waals surface area contributed by atoms with Gasteiger partial charge < -0.3 is 14.8 Å². The number of hydrogen-bond donors (Lipinski definition) is 2. The van der Waals surface area contributed by atoms with Crippen molar-refractivity contribution in [1.29, 1.82) is 0 Å². The second-order valence-corrected chi connectivity index (χ2v) is 4.64. The maximum atomic E-state index is 12.0. The van der Waals surface area contributed by atoms with Gasteiger partial charge in [0.2, 0.25) is 0 Å². The number of nitrogens with zero attached hydrogens (tertiary/aromatic N) is 1. The molecule has 0 aliphatic rings. The highest BCUT2D eigenvalue weighted by molar-refractivity contribution is 5.70. The molecular weight excluding hydrogens is 272 g/mol. The summed E-state index contributed by atoms with van der Waals surface area (Å²) in [5.41, 5.74) is 1.11. The normalized spacial score (nSPS) is 10.4. The summed E-state index contributed by atoms with van der Waals surface area (Å²) < 4.78 is 5.26. The number of aliphatic carboxylic acids is 1. The fraction of sp³-hybridized carbons (Fsp3) is 0.267. The van der Waals surface area contributed by atoms with Crippen LogP contribution >= 0.6 is 0 Å². The summed E-state index contributed by atoms with van der Waals surface area (Å²) in [6, 6.07) is 7.46. The van der Waals surface area contributed by atoms with Gasteiger partial charge in [-0.1, -0.05) is 18.2 Å². The van der Waals surface area contributed by atoms with E-state index in [1.807, 2.05) is 24.3 Å². The van der Waals surface area contributed by atoms with E-state index in [1.165, 1.54) is 0 Å². The van der Waals surface area contributed by atoms with Gasteiger partial charge in [-0.15, -0.1) is 0 Å². The minimum Gasteiger partial charge on any atom is -0.496 e. The number of nitrogens with one attached hydrogen (secondary N) is 1. The third-order valence-corrected chi connectivity index (χ3v) is 3.15. The number of rotatable bonds is 5. The maximum Gasteiger partial charge on any atom is 0.308 e. The van der Waals surface area contributed by atoms with Gasteiger partial charge in [0.05, 0.1) is 13.5 Å². The van der Waals surface area contributed by atoms with Gasteiger partial charge in [0.15, 0.2) is 0 Å². The Morgan fingerprint density at radius 3 is 2.71 bits per heavy atom. The third kappa shape index (κ3) is 3.47. The number of carboxylic acid groups (broad SMARTS) is 1. The minimum atomic E-state index is -1.05. The van der Waals surface area contributed by atoms with Crippen molar-refractivity contribution >= 4 is 5.97 Å². The highest BCUT2D eigenvalue weighted by Crippen LogP contribution is 2.19. The zero-order chi connectivity index (χ0) is 15.4. The molecule has 2 N–H and O–H groups in total. The molecule has 1 aromatic carbocycles. The summed E-state index contributed by atoms with van der Waals surface area (Å²) in [6.45, 7) is 1.64. The number of carboxylic acids is 1. The molecule has 0 saturated carbocycles. The summed E-state index contributed by atoms with van der Waals surface area (Å²) >= 11 is 0. The molecule has 0 bridgehead atoms. The molecule has 0 amide bonds. The fourth-order valence-corrected chi connectivity index (χ4v) is 2.14. The lowest BCUT2D eigenvalue weighted by atomic mass is 10.1. The number of para-hydroxylation sites is 1. The smallest absolute Gasteiger partial charge is 0.308 e. The van der Waals surface area contributed by atoms with Crippen LogP contribution in [0.1, 0.15) is 22.6 Å². The van der Waals surface area contributed by atoms with E-state index in [0.29, 0.717) is 23.7 Å². The predicted molar refractivity (Wildman–Crippen MR) is 76.7 cm³/mol. The molecule has 0 aliphatic heterocycles. The van der Waals surface area contributed by atoms with Crippen LogP contribution in [-0.2, 0) is 17.6 Å². The number of hydrogen-bond acceptors (Lipinski definition) is 4. The van der Waals surface area contributed by atoms with Crippen LogP contribution in [0.3, 0.4) is 0 Å². The second-order valence-electron chi connectivity index (χ2n) is 4.64. The molecule has 0 aliphatic carbocycles. The van der Waals surface area contributed by atoms with Gasteiger partial charge in [0, 0.05) is 23.2 Å². The second kappa shape index (κ2) is 6.21. The van der Waals surface area contributed by atoms with Gasteiger partial charge in [-0.25, -0.2) is 4.98 Å². The van der Waals surface area contributed by atoms with E-state index in [-0.39, 0.29) is 12.0 Å². The Bertz CT molecular complexity index is 722. The Morgan fingerprint density at radius 1 is 1.38 bits per heavy atom. The number of H-pyrrole nitrogens is 1. The van der Waals surface area contributed by atoms with Crippen LogP contribution in [-0.4, -0.2) is 28.2 Å². The molecule has 6 heteroatoms. The van der Waals surface area contributed by atoms with Crippen LogP contribution in [0, 0.1) is 6.92 Å². The predicted octanol–water partition coefficient (Wildman–Crippen LogP) is 1.30. The standard InChI is InChI=1S/C15H16N2O4/c1-9-11(8-14(18)19)15(20)17-13(16-9)7-10-5-3-4-6-12(10)21-2/h3-6H,7-8H2,1-2H3,(H,18,19)(H,16,17,20). The van der Waals surface area contributed by atoms with E-state index in [0.717, 1.165) is 5.56 Å². The molecule has 1 aromatic heterocycles. The number of aromatic amines is 1. The Kier molecular flexibility index (Phi) is 4.37. The summed E-state index contributed by atoms with van der Waals surface area (Å²) in [4.78, 5) is 29.6. The van der Waals surface area contributed by atoms with Crippen LogP contribution in [0.2, 0.25) is 0 Å². The maximum absolute atomic E-state index is 12.0. The van der Waals surface area contributed by atoms with E-state index in [9.17, 15) is 9.59 Å². The number of aryl methyl sites for hydroxylation is 1. The van der Waals surface area contributed by atoms with Crippen LogP contribution in [0.4, 0.5) is 0 Å². The van der Waals surface area contributed by atoms with Crippen molar-refractivity contribution < 1.29 is 14.6 Å². The first-order valence-electron chi connectivity index (χ1n) is 6.43. The lowest BCUT2D eigenvalue weighted by Gasteiger charge is -2.09. The van der Waals surface area contributed by atoms with Crippen LogP contribution in [0.15, 0.2) is 29.1 Å². The lowest BCUT2D eigenvalue weighted by Crippen LogP contribution is -2.21. The van der Waals surface area contributed by atoms with E-state index in [2.05, 4.69) is 9.97 Å². The fourth-order valence-electron chi connectivity index (χ4n) is 2.14. The molecule has 21 heavy (non-hydrogen) atoms. The van der Waals surface area contributed by atoms with Crippen molar-refractivity contribution in [3.8, 4) is 5.75 Å². The van der Waals surface area contributed by atoms with Crippen molar-refractivity contribution in [2.45, 2.75) is 19.8 Å². The molecule has 0 radical (unpaired) electrons. The van der Waals surface area contributed by atoms with Gasteiger partial charge in [-0.2, -0.15) is 0 Å². The first-order chi connectivity index (χ1) is 10.0. The Morgan fingerprint density at radius 2 is 2.10 bits per heavy atom. The van der Waals surface area contributed by atoms with Crippen molar-refractivity contribution in [3.63, 3.8) is 0 Å². The van der Waals surface area contributed by atoms with E-state index >= 15 is 0 Å². The SMILES string of the molecule is COc1ccccc1Cc1nc(C)c(CC(=O)O)c(=O)[nH]1. The molecule has 2 rings (SSSR count). The molecule has 1 heterocycles. The van der Waals surface area contributed by atoms with Gasteiger partial charge >= 0.3 is 5.97 Å². The zero-order valence-electron chi connectivity index (χ0n) is 11.8. The number of benzene rings is 1. The number of ether oxygens (including phenoxy) is 1. The first-order valence-corrected chi connectivity index (χ1v) is 6.43. The Balaban J connectivity index is 2.34. The topological polar surface area (TPSA) is 92.3 Å². The quantitative estimate of drug-likeness (QED) is 0.865. The molecule has 0 fully saturated rings. The van der Waals surface area contributed by atoms with Crippen LogP contribution < -0.4 is 10.3 Å². The lowest BCUT2D eigenvalue weighted by molar-refractivity contribution is -0.136. The monoisotopic (exact) mass is 288 g/mol. The summed E-state index contributed by atoms with van der Waals surface area (Å²) in [6.07, 6.45) is 0.0799. The van der Waals surface area contributed by atoms with Crippen LogP contribution in [0.5, 0.6) is 5.75 Å². The van der Waals surface area contributed by atoms with E-state index < -0.39 is 11.5 Å². The van der Waals surface area contributed by atoms with E-state index in [1.54, 1.807) is 14.0 Å².